The van der Waals surface area contributed by atoms with E-state index in [1.54, 1.807) is 0 Å². The van der Waals surface area contributed by atoms with Gasteiger partial charge in [-0.2, -0.15) is 0 Å². The first-order valence-electron chi connectivity index (χ1n) is 6.26. The molecule has 5 heteroatoms. The highest BCUT2D eigenvalue weighted by molar-refractivity contribution is 7.89. The third-order valence-corrected chi connectivity index (χ3v) is 4.97. The van der Waals surface area contributed by atoms with Crippen LogP contribution in [0.25, 0.3) is 0 Å². The summed E-state index contributed by atoms with van der Waals surface area (Å²) in [6.45, 7) is 0.306. The average molecular weight is 293 g/mol. The minimum absolute atomic E-state index is 0.282. The molecule has 0 atom stereocenters. The fourth-order valence-corrected chi connectivity index (χ4v) is 3.11. The number of benzene rings is 2. The molecule has 0 aliphatic rings. The van der Waals surface area contributed by atoms with Gasteiger partial charge in [-0.1, -0.05) is 42.5 Å². The molecule has 0 spiro atoms. The van der Waals surface area contributed by atoms with E-state index in [9.17, 15) is 12.8 Å². The Labute approximate surface area is 118 Å². The monoisotopic (exact) mass is 293 g/mol. The standard InChI is InChI=1S/C15H16FNO2S/c1-17(12-11-13-7-3-2-4-8-13)20(18,19)15-10-6-5-9-14(15)16/h2-10H,11-12H2,1H3. The molecule has 20 heavy (non-hydrogen) atoms. The predicted molar refractivity (Wildman–Crippen MR) is 76.4 cm³/mol. The van der Waals surface area contributed by atoms with Gasteiger partial charge in [-0.15, -0.1) is 0 Å². The van der Waals surface area contributed by atoms with Crippen molar-refractivity contribution in [1.82, 2.24) is 4.31 Å². The number of hydrogen-bond acceptors (Lipinski definition) is 2. The lowest BCUT2D eigenvalue weighted by molar-refractivity contribution is 0.465. The molecule has 0 bridgehead atoms. The van der Waals surface area contributed by atoms with Gasteiger partial charge in [-0.25, -0.2) is 17.1 Å². The maximum atomic E-state index is 13.6. The van der Waals surface area contributed by atoms with Gasteiger partial charge in [0.2, 0.25) is 10.0 Å². The number of sulfonamides is 1. The molecule has 0 aliphatic carbocycles. The first kappa shape index (κ1) is 14.7. The summed E-state index contributed by atoms with van der Waals surface area (Å²) in [4.78, 5) is -0.282. The number of nitrogens with zero attached hydrogens (tertiary/aromatic N) is 1. The van der Waals surface area contributed by atoms with E-state index in [1.165, 1.54) is 29.6 Å². The SMILES string of the molecule is CN(CCc1ccccc1)S(=O)(=O)c1ccccc1F. The molecule has 0 N–H and O–H groups in total. The Morgan fingerprint density at radius 2 is 1.60 bits per heavy atom. The molecule has 0 radical (unpaired) electrons. The molecular formula is C15H16FNO2S. The second-order valence-corrected chi connectivity index (χ2v) is 6.51. The molecule has 0 saturated heterocycles. The van der Waals surface area contributed by atoms with Crippen LogP contribution < -0.4 is 0 Å². The summed E-state index contributed by atoms with van der Waals surface area (Å²) in [6.07, 6.45) is 0.588. The number of halogens is 1. The van der Waals surface area contributed by atoms with Crippen LogP contribution in [0.15, 0.2) is 59.5 Å². The second kappa shape index (κ2) is 6.15. The van der Waals surface area contributed by atoms with Crippen LogP contribution in [-0.4, -0.2) is 26.3 Å². The molecule has 0 aliphatic heterocycles. The van der Waals surface area contributed by atoms with Crippen LogP contribution in [-0.2, 0) is 16.4 Å². The van der Waals surface area contributed by atoms with Crippen molar-refractivity contribution in [3.63, 3.8) is 0 Å². The first-order valence-corrected chi connectivity index (χ1v) is 7.70. The molecule has 3 nitrogen and oxygen atoms in total. The fourth-order valence-electron chi connectivity index (χ4n) is 1.87. The van der Waals surface area contributed by atoms with Crippen molar-refractivity contribution < 1.29 is 12.8 Å². The van der Waals surface area contributed by atoms with Crippen molar-refractivity contribution in [2.24, 2.45) is 0 Å². The van der Waals surface area contributed by atoms with Gasteiger partial charge in [0, 0.05) is 13.6 Å². The van der Waals surface area contributed by atoms with E-state index in [1.807, 2.05) is 30.3 Å². The molecule has 106 valence electrons. The largest absolute Gasteiger partial charge is 0.245 e. The second-order valence-electron chi connectivity index (χ2n) is 4.49. The Bertz CT molecular complexity index is 671. The Hall–Kier alpha value is -1.72. The smallest absolute Gasteiger partial charge is 0.207 e. The summed E-state index contributed by atoms with van der Waals surface area (Å²) in [6, 6.07) is 15.0. The van der Waals surface area contributed by atoms with Gasteiger partial charge in [0.25, 0.3) is 0 Å². The van der Waals surface area contributed by atoms with Crippen LogP contribution in [0, 0.1) is 5.82 Å². The number of likely N-dealkylation sites (N-methyl/N-ethyl adjacent to an activating group) is 1. The highest BCUT2D eigenvalue weighted by Crippen LogP contribution is 2.18. The highest BCUT2D eigenvalue weighted by Gasteiger charge is 2.23. The summed E-state index contributed by atoms with van der Waals surface area (Å²) >= 11 is 0. The summed E-state index contributed by atoms with van der Waals surface area (Å²) in [5, 5.41) is 0. The molecule has 0 unspecified atom stereocenters. The molecule has 2 aromatic carbocycles. The third kappa shape index (κ3) is 3.23. The van der Waals surface area contributed by atoms with E-state index in [0.29, 0.717) is 13.0 Å². The highest BCUT2D eigenvalue weighted by atomic mass is 32.2. The van der Waals surface area contributed by atoms with E-state index < -0.39 is 15.8 Å². The van der Waals surface area contributed by atoms with Crippen molar-refractivity contribution in [1.29, 1.82) is 0 Å². The molecule has 0 amide bonds. The van der Waals surface area contributed by atoms with Crippen LogP contribution in [0.3, 0.4) is 0 Å². The normalized spacial score (nSPS) is 11.8. The van der Waals surface area contributed by atoms with Crippen LogP contribution in [0.4, 0.5) is 4.39 Å². The fraction of sp³-hybridized carbons (Fsp3) is 0.200. The predicted octanol–water partition coefficient (Wildman–Crippen LogP) is 2.69. The minimum atomic E-state index is -3.78. The van der Waals surface area contributed by atoms with Crippen molar-refractivity contribution >= 4 is 10.0 Å². The molecule has 2 rings (SSSR count). The Kier molecular flexibility index (Phi) is 4.52. The minimum Gasteiger partial charge on any atom is -0.207 e. The Balaban J connectivity index is 2.12. The van der Waals surface area contributed by atoms with Gasteiger partial charge in [0.15, 0.2) is 0 Å². The van der Waals surface area contributed by atoms with Gasteiger partial charge < -0.3 is 0 Å². The van der Waals surface area contributed by atoms with E-state index in [4.69, 9.17) is 0 Å². The summed E-state index contributed by atoms with van der Waals surface area (Å²) in [5.41, 5.74) is 1.04. The van der Waals surface area contributed by atoms with Gasteiger partial charge in [-0.3, -0.25) is 0 Å². The number of hydrogen-bond donors (Lipinski definition) is 0. The van der Waals surface area contributed by atoms with E-state index in [2.05, 4.69) is 0 Å². The maximum absolute atomic E-state index is 13.6. The number of rotatable bonds is 5. The lowest BCUT2D eigenvalue weighted by atomic mass is 10.2. The average Bonchev–Trinajstić information content (AvgIpc) is 2.46. The van der Waals surface area contributed by atoms with Gasteiger partial charge >= 0.3 is 0 Å². The lowest BCUT2D eigenvalue weighted by Gasteiger charge is -2.17. The van der Waals surface area contributed by atoms with E-state index in [-0.39, 0.29) is 4.90 Å². The third-order valence-electron chi connectivity index (χ3n) is 3.08. The van der Waals surface area contributed by atoms with Gasteiger partial charge in [0.1, 0.15) is 10.7 Å². The van der Waals surface area contributed by atoms with Crippen molar-refractivity contribution in [2.45, 2.75) is 11.3 Å². The van der Waals surface area contributed by atoms with Crippen LogP contribution in [0.1, 0.15) is 5.56 Å². The Morgan fingerprint density at radius 3 is 2.25 bits per heavy atom. The summed E-state index contributed by atoms with van der Waals surface area (Å²) < 4.78 is 39.3. The van der Waals surface area contributed by atoms with Gasteiger partial charge in [0.05, 0.1) is 0 Å². The Morgan fingerprint density at radius 1 is 1.00 bits per heavy atom. The van der Waals surface area contributed by atoms with E-state index >= 15 is 0 Å². The van der Waals surface area contributed by atoms with Crippen molar-refractivity contribution in [3.8, 4) is 0 Å². The van der Waals surface area contributed by atoms with Crippen LogP contribution >= 0.6 is 0 Å². The zero-order valence-corrected chi connectivity index (χ0v) is 12.0. The topological polar surface area (TPSA) is 37.4 Å². The lowest BCUT2D eigenvalue weighted by Crippen LogP contribution is -2.29. The van der Waals surface area contributed by atoms with Crippen molar-refractivity contribution in [2.75, 3.05) is 13.6 Å². The molecule has 0 heterocycles. The van der Waals surface area contributed by atoms with E-state index in [0.717, 1.165) is 11.6 Å². The maximum Gasteiger partial charge on any atom is 0.245 e. The van der Waals surface area contributed by atoms with Crippen LogP contribution in [0.5, 0.6) is 0 Å². The van der Waals surface area contributed by atoms with Gasteiger partial charge in [-0.05, 0) is 24.1 Å². The summed E-state index contributed by atoms with van der Waals surface area (Å²) in [5.74, 6) is -0.723. The zero-order valence-electron chi connectivity index (χ0n) is 11.2. The van der Waals surface area contributed by atoms with Crippen molar-refractivity contribution in [3.05, 3.63) is 66.0 Å². The quantitative estimate of drug-likeness (QED) is 0.850. The molecule has 0 fully saturated rings. The summed E-state index contributed by atoms with van der Waals surface area (Å²) in [7, 11) is -2.32. The zero-order chi connectivity index (χ0) is 14.6. The molecule has 0 aromatic heterocycles. The van der Waals surface area contributed by atoms with Crippen LogP contribution in [0.2, 0.25) is 0 Å². The molecular weight excluding hydrogens is 277 g/mol. The first-order chi connectivity index (χ1) is 9.51. The molecule has 2 aromatic rings. The molecule has 0 saturated carbocycles.